The summed E-state index contributed by atoms with van der Waals surface area (Å²) in [5.41, 5.74) is 2.85. The Morgan fingerprint density at radius 3 is 2.41 bits per heavy atom. The van der Waals surface area contributed by atoms with Gasteiger partial charge in [0.25, 0.3) is 5.91 Å². The molecular weight excluding hydrogens is 454 g/mol. The number of pyridine rings is 1. The Kier molecular flexibility index (Phi) is 9.29. The lowest BCUT2D eigenvalue weighted by Crippen LogP contribution is -2.43. The fourth-order valence-electron chi connectivity index (χ4n) is 3.36. The molecule has 0 aliphatic rings. The van der Waals surface area contributed by atoms with Gasteiger partial charge in [-0.15, -0.1) is 0 Å². The third-order valence-electron chi connectivity index (χ3n) is 5.25. The summed E-state index contributed by atoms with van der Waals surface area (Å²) in [5, 5.41) is 13.3. The maximum atomic E-state index is 13.2. The Labute approximate surface area is 200 Å². The lowest BCUT2D eigenvalue weighted by atomic mass is 10.0. The zero-order chi connectivity index (χ0) is 24.4. The molecule has 0 aliphatic heterocycles. The van der Waals surface area contributed by atoms with E-state index in [1.165, 1.54) is 7.11 Å². The molecule has 2 aromatic carbocycles. The summed E-state index contributed by atoms with van der Waals surface area (Å²) in [5.74, 6) is -0.916. The largest absolute Gasteiger partial charge is 0.387 e. The normalized spacial score (nSPS) is 12.3. The summed E-state index contributed by atoms with van der Waals surface area (Å²) in [4.78, 5) is 17.1. The van der Waals surface area contributed by atoms with Crippen molar-refractivity contribution in [2.75, 3.05) is 39.1 Å². The van der Waals surface area contributed by atoms with Crippen LogP contribution in [0.2, 0.25) is 0 Å². The van der Waals surface area contributed by atoms with Crippen LogP contribution in [-0.2, 0) is 14.8 Å². The Hall–Kier alpha value is -3.11. The first-order chi connectivity index (χ1) is 16.4. The van der Waals surface area contributed by atoms with Crippen molar-refractivity contribution in [1.29, 1.82) is 0 Å². The molecule has 1 aromatic heterocycles. The van der Waals surface area contributed by atoms with Crippen LogP contribution in [0.25, 0.3) is 11.1 Å². The molecule has 3 rings (SSSR count). The molecule has 2 N–H and O–H groups in total. The maximum absolute atomic E-state index is 13.2. The number of aliphatic hydroxyl groups excluding tert-OH is 1. The van der Waals surface area contributed by atoms with Crippen LogP contribution >= 0.6 is 0 Å². The molecule has 0 bridgehead atoms. The maximum Gasteiger partial charge on any atom is 0.267 e. The number of hydrogen-bond acceptors (Lipinski definition) is 7. The number of ether oxygens (including phenoxy) is 1. The van der Waals surface area contributed by atoms with Crippen LogP contribution in [0.3, 0.4) is 0 Å². The van der Waals surface area contributed by atoms with Crippen molar-refractivity contribution >= 4 is 15.9 Å². The number of benzene rings is 2. The summed E-state index contributed by atoms with van der Waals surface area (Å²) >= 11 is 0. The molecule has 1 amide bonds. The van der Waals surface area contributed by atoms with Gasteiger partial charge in [-0.1, -0.05) is 48.5 Å². The second-order valence-corrected chi connectivity index (χ2v) is 9.65. The lowest BCUT2D eigenvalue weighted by Gasteiger charge is -2.23. The van der Waals surface area contributed by atoms with E-state index in [4.69, 9.17) is 4.74 Å². The van der Waals surface area contributed by atoms with Crippen molar-refractivity contribution in [3.8, 4) is 11.1 Å². The quantitative estimate of drug-likeness (QED) is 0.381. The van der Waals surface area contributed by atoms with E-state index in [1.54, 1.807) is 48.8 Å². The smallest absolute Gasteiger partial charge is 0.267 e. The fourth-order valence-corrected chi connectivity index (χ4v) is 4.68. The number of amides is 1. The van der Waals surface area contributed by atoms with E-state index in [0.717, 1.165) is 15.4 Å². The molecule has 180 valence electrons. The van der Waals surface area contributed by atoms with E-state index in [9.17, 15) is 18.3 Å². The molecule has 0 unspecified atom stereocenters. The Morgan fingerprint density at radius 2 is 1.76 bits per heavy atom. The highest BCUT2D eigenvalue weighted by Gasteiger charge is 2.28. The summed E-state index contributed by atoms with van der Waals surface area (Å²) in [6, 6.07) is 20.0. The minimum Gasteiger partial charge on any atom is -0.387 e. The van der Waals surface area contributed by atoms with Crippen LogP contribution in [0.4, 0.5) is 0 Å². The van der Waals surface area contributed by atoms with Crippen LogP contribution in [-0.4, -0.2) is 67.8 Å². The fraction of sp³-hybridized carbons (Fsp3) is 0.280. The Balaban J connectivity index is 1.69. The highest BCUT2D eigenvalue weighted by molar-refractivity contribution is 7.89. The molecule has 0 fully saturated rings. The lowest BCUT2D eigenvalue weighted by molar-refractivity contribution is 0.0860. The van der Waals surface area contributed by atoms with Crippen molar-refractivity contribution in [3.63, 3.8) is 0 Å². The summed E-state index contributed by atoms with van der Waals surface area (Å²) < 4.78 is 31.5. The summed E-state index contributed by atoms with van der Waals surface area (Å²) in [6.45, 7) is 0.270. The molecule has 34 heavy (non-hydrogen) atoms. The van der Waals surface area contributed by atoms with E-state index in [0.29, 0.717) is 5.56 Å². The van der Waals surface area contributed by atoms with Gasteiger partial charge in [-0.3, -0.25) is 9.78 Å². The molecule has 9 heteroatoms. The number of methoxy groups -OCH3 is 1. The van der Waals surface area contributed by atoms with Crippen LogP contribution < -0.4 is 5.32 Å². The first-order valence-electron chi connectivity index (χ1n) is 10.9. The molecule has 0 aliphatic carbocycles. The Morgan fingerprint density at radius 1 is 1.06 bits per heavy atom. The average molecular weight is 484 g/mol. The highest BCUT2D eigenvalue weighted by atomic mass is 32.2. The molecular formula is C25H29N3O5S. The van der Waals surface area contributed by atoms with Crippen LogP contribution in [0.15, 0.2) is 79.1 Å². The zero-order valence-electron chi connectivity index (χ0n) is 19.0. The number of hydrogen-bond donors (Lipinski definition) is 2. The minimum atomic E-state index is -3.90. The molecule has 3 aromatic rings. The van der Waals surface area contributed by atoms with Crippen molar-refractivity contribution in [2.24, 2.45) is 0 Å². The number of aromatic nitrogens is 1. The molecule has 1 atom stereocenters. The molecule has 8 nitrogen and oxygen atoms in total. The van der Waals surface area contributed by atoms with Gasteiger partial charge in [-0.05, 0) is 29.3 Å². The van der Waals surface area contributed by atoms with Crippen LogP contribution in [0.1, 0.15) is 22.0 Å². The van der Waals surface area contributed by atoms with E-state index in [1.807, 2.05) is 30.3 Å². The molecule has 0 saturated heterocycles. The minimum absolute atomic E-state index is 0.0216. The average Bonchev–Trinajstić information content (AvgIpc) is 2.88. The molecule has 0 spiro atoms. The van der Waals surface area contributed by atoms with Crippen molar-refractivity contribution in [3.05, 3.63) is 90.3 Å². The predicted molar refractivity (Wildman–Crippen MR) is 131 cm³/mol. The molecule has 0 radical (unpaired) electrons. The van der Waals surface area contributed by atoms with E-state index < -0.39 is 22.0 Å². The van der Waals surface area contributed by atoms with Gasteiger partial charge < -0.3 is 15.2 Å². The number of nitrogens with zero attached hydrogens (tertiary/aromatic N) is 2. The first kappa shape index (κ1) is 25.5. The van der Waals surface area contributed by atoms with E-state index in [-0.39, 0.29) is 37.6 Å². The van der Waals surface area contributed by atoms with Crippen LogP contribution in [0, 0.1) is 0 Å². The zero-order valence-corrected chi connectivity index (χ0v) is 19.8. The van der Waals surface area contributed by atoms with Gasteiger partial charge in [0, 0.05) is 50.3 Å². The Bertz CT molecular complexity index is 1140. The standard InChI is InChI=1S/C25H29N3O5S/c1-33-16-17-34(31,32)28(15-14-27-19-24(29)23-8-5-13-26-18-23)25(30)22-11-9-21(10-12-22)20-6-3-2-4-7-20/h2-13,18,24,27,29H,14-17,19H2,1H3/t24-/m0/s1. The summed E-state index contributed by atoms with van der Waals surface area (Å²) in [7, 11) is -2.49. The first-order valence-corrected chi connectivity index (χ1v) is 12.5. The number of aliphatic hydroxyl groups is 1. The number of nitrogens with one attached hydrogen (secondary N) is 1. The number of sulfonamides is 1. The summed E-state index contributed by atoms with van der Waals surface area (Å²) in [6.07, 6.45) is 2.38. The third-order valence-corrected chi connectivity index (χ3v) is 6.95. The second kappa shape index (κ2) is 12.4. The predicted octanol–water partition coefficient (Wildman–Crippen LogP) is 2.49. The van der Waals surface area contributed by atoms with Gasteiger partial charge in [0.05, 0.1) is 18.5 Å². The van der Waals surface area contributed by atoms with Crippen molar-refractivity contribution in [2.45, 2.75) is 6.10 Å². The number of rotatable bonds is 12. The molecule has 1 heterocycles. The van der Waals surface area contributed by atoms with Gasteiger partial charge >= 0.3 is 0 Å². The van der Waals surface area contributed by atoms with E-state index in [2.05, 4.69) is 10.3 Å². The SMILES string of the molecule is COCCS(=O)(=O)N(CCNC[C@H](O)c1cccnc1)C(=O)c1ccc(-c2ccccc2)cc1. The van der Waals surface area contributed by atoms with Crippen LogP contribution in [0.5, 0.6) is 0 Å². The van der Waals surface area contributed by atoms with Gasteiger partial charge in [-0.25, -0.2) is 12.7 Å². The van der Waals surface area contributed by atoms with Gasteiger partial charge in [0.2, 0.25) is 10.0 Å². The highest BCUT2D eigenvalue weighted by Crippen LogP contribution is 2.20. The monoisotopic (exact) mass is 483 g/mol. The van der Waals surface area contributed by atoms with Gasteiger partial charge in [-0.2, -0.15) is 0 Å². The second-order valence-electron chi connectivity index (χ2n) is 7.64. The molecule has 0 saturated carbocycles. The van der Waals surface area contributed by atoms with Crippen molar-refractivity contribution < 1.29 is 23.1 Å². The van der Waals surface area contributed by atoms with Gasteiger partial charge in [0.15, 0.2) is 0 Å². The number of carbonyl (C=O) groups is 1. The number of carbonyl (C=O) groups excluding carboxylic acids is 1. The topological polar surface area (TPSA) is 109 Å². The third kappa shape index (κ3) is 6.94. The van der Waals surface area contributed by atoms with E-state index >= 15 is 0 Å². The van der Waals surface area contributed by atoms with Crippen molar-refractivity contribution in [1.82, 2.24) is 14.6 Å². The van der Waals surface area contributed by atoms with Gasteiger partial charge in [0.1, 0.15) is 0 Å².